The van der Waals surface area contributed by atoms with E-state index >= 15 is 0 Å². The van der Waals surface area contributed by atoms with Gasteiger partial charge in [-0.25, -0.2) is 0 Å². The number of rotatable bonds is 7. The van der Waals surface area contributed by atoms with Gasteiger partial charge in [-0.3, -0.25) is 25.2 Å². The second kappa shape index (κ2) is 10.6. The molecule has 4 rings (SSSR count). The minimum atomic E-state index is -0.353. The molecule has 1 heterocycles. The number of benzene rings is 3. The molecule has 3 amide bonds. The molecule has 172 valence electrons. The van der Waals surface area contributed by atoms with Gasteiger partial charge in [-0.15, -0.1) is 0 Å². The van der Waals surface area contributed by atoms with Gasteiger partial charge >= 0.3 is 0 Å². The van der Waals surface area contributed by atoms with Crippen LogP contribution in [0.25, 0.3) is 0 Å². The molecule has 0 saturated carbocycles. The van der Waals surface area contributed by atoms with Crippen molar-refractivity contribution in [2.75, 3.05) is 22.5 Å². The number of hydrogen-bond donors (Lipinski definition) is 5. The molecule has 1 aliphatic heterocycles. The maximum Gasteiger partial charge on any atom is 0.255 e. The summed E-state index contributed by atoms with van der Waals surface area (Å²) < 4.78 is 0. The monoisotopic (exact) mass is 455 g/mol. The highest BCUT2D eigenvalue weighted by atomic mass is 16.2. The van der Waals surface area contributed by atoms with Gasteiger partial charge in [0, 0.05) is 40.8 Å². The molecule has 34 heavy (non-hydrogen) atoms. The van der Waals surface area contributed by atoms with Crippen LogP contribution >= 0.6 is 0 Å². The SMILES string of the molecule is C=CC(=O)Nc1cccc(C(=O)Nc2ccc(NC(=O)c3cccc(C4CCNN4)c3)cc2)c1. The van der Waals surface area contributed by atoms with Crippen LogP contribution in [0.4, 0.5) is 17.1 Å². The predicted molar refractivity (Wildman–Crippen MR) is 133 cm³/mol. The first kappa shape index (κ1) is 22.9. The number of nitrogens with one attached hydrogen (secondary N) is 5. The first-order valence-corrected chi connectivity index (χ1v) is 10.9. The number of hydrazine groups is 1. The Hall–Kier alpha value is -4.27. The number of hydrogen-bond acceptors (Lipinski definition) is 5. The Kier molecular flexibility index (Phi) is 7.12. The molecular formula is C26H25N5O3. The smallest absolute Gasteiger partial charge is 0.255 e. The third-order valence-electron chi connectivity index (χ3n) is 5.36. The Morgan fingerprint density at radius 3 is 2.00 bits per heavy atom. The van der Waals surface area contributed by atoms with E-state index in [0.29, 0.717) is 28.2 Å². The van der Waals surface area contributed by atoms with Gasteiger partial charge in [-0.05, 0) is 72.7 Å². The molecule has 1 fully saturated rings. The molecule has 0 spiro atoms. The number of amides is 3. The maximum atomic E-state index is 12.7. The largest absolute Gasteiger partial charge is 0.323 e. The van der Waals surface area contributed by atoms with Crippen LogP contribution in [-0.2, 0) is 4.79 Å². The first-order valence-electron chi connectivity index (χ1n) is 10.9. The zero-order chi connectivity index (χ0) is 23.9. The predicted octanol–water partition coefficient (Wildman–Crippen LogP) is 3.85. The number of carbonyl (C=O) groups excluding carboxylic acids is 3. The molecule has 1 aliphatic rings. The summed E-state index contributed by atoms with van der Waals surface area (Å²) in [6, 6.07) is 21.2. The van der Waals surface area contributed by atoms with Gasteiger partial charge in [0.15, 0.2) is 0 Å². The van der Waals surface area contributed by atoms with Gasteiger partial charge in [0.2, 0.25) is 5.91 Å². The zero-order valence-corrected chi connectivity index (χ0v) is 18.4. The number of anilines is 3. The molecule has 0 aliphatic carbocycles. The zero-order valence-electron chi connectivity index (χ0n) is 18.4. The van der Waals surface area contributed by atoms with Crippen LogP contribution in [0.2, 0.25) is 0 Å². The molecule has 1 atom stereocenters. The molecule has 5 N–H and O–H groups in total. The summed E-state index contributed by atoms with van der Waals surface area (Å²) >= 11 is 0. The lowest BCUT2D eigenvalue weighted by atomic mass is 10.0. The normalized spacial score (nSPS) is 14.8. The highest BCUT2D eigenvalue weighted by molar-refractivity contribution is 6.07. The van der Waals surface area contributed by atoms with Crippen LogP contribution in [0.15, 0.2) is 85.5 Å². The topological polar surface area (TPSA) is 111 Å². The minimum absolute atomic E-state index is 0.189. The third-order valence-corrected chi connectivity index (χ3v) is 5.36. The minimum Gasteiger partial charge on any atom is -0.323 e. The Balaban J connectivity index is 1.37. The molecule has 3 aromatic rings. The summed E-state index contributed by atoms with van der Waals surface area (Å²) in [6.45, 7) is 4.30. The lowest BCUT2D eigenvalue weighted by Gasteiger charge is -2.12. The highest BCUT2D eigenvalue weighted by Crippen LogP contribution is 2.21. The van der Waals surface area contributed by atoms with E-state index in [-0.39, 0.29) is 23.8 Å². The van der Waals surface area contributed by atoms with Crippen LogP contribution in [-0.4, -0.2) is 24.3 Å². The fourth-order valence-electron chi connectivity index (χ4n) is 3.61. The fraction of sp³-hybridized carbons (Fsp3) is 0.115. The van der Waals surface area contributed by atoms with Gasteiger partial charge in [-0.2, -0.15) is 0 Å². The lowest BCUT2D eigenvalue weighted by molar-refractivity contribution is -0.111. The fourth-order valence-corrected chi connectivity index (χ4v) is 3.61. The molecule has 1 unspecified atom stereocenters. The second-order valence-electron chi connectivity index (χ2n) is 7.80. The summed E-state index contributed by atoms with van der Waals surface area (Å²) in [6.07, 6.45) is 2.13. The van der Waals surface area contributed by atoms with Gasteiger partial charge in [-0.1, -0.05) is 24.8 Å². The molecule has 0 radical (unpaired) electrons. The van der Waals surface area contributed by atoms with Gasteiger partial charge in [0.1, 0.15) is 0 Å². The molecule has 0 bridgehead atoms. The van der Waals surface area contributed by atoms with E-state index < -0.39 is 0 Å². The highest BCUT2D eigenvalue weighted by Gasteiger charge is 2.17. The Labute approximate surface area is 197 Å². The summed E-state index contributed by atoms with van der Waals surface area (Å²) in [5.41, 5.74) is 10.0. The van der Waals surface area contributed by atoms with Gasteiger partial charge < -0.3 is 16.0 Å². The molecule has 8 heteroatoms. The van der Waals surface area contributed by atoms with Crippen LogP contribution in [0.1, 0.15) is 38.7 Å². The average molecular weight is 456 g/mol. The summed E-state index contributed by atoms with van der Waals surface area (Å²) in [7, 11) is 0. The maximum absolute atomic E-state index is 12.7. The summed E-state index contributed by atoms with van der Waals surface area (Å²) in [4.78, 5) is 36.8. The van der Waals surface area contributed by atoms with E-state index in [1.165, 1.54) is 0 Å². The van der Waals surface area contributed by atoms with E-state index in [2.05, 4.69) is 33.4 Å². The number of carbonyl (C=O) groups is 3. The molecule has 8 nitrogen and oxygen atoms in total. The van der Waals surface area contributed by atoms with Crippen molar-refractivity contribution in [1.29, 1.82) is 0 Å². The van der Waals surface area contributed by atoms with Crippen LogP contribution in [0.5, 0.6) is 0 Å². The van der Waals surface area contributed by atoms with E-state index in [1.807, 2.05) is 18.2 Å². The summed E-state index contributed by atoms with van der Waals surface area (Å²) in [5, 5.41) is 8.31. The van der Waals surface area contributed by atoms with Crippen molar-refractivity contribution in [3.05, 3.63) is 102 Å². The average Bonchev–Trinajstić information content (AvgIpc) is 3.40. The van der Waals surface area contributed by atoms with Crippen molar-refractivity contribution < 1.29 is 14.4 Å². The van der Waals surface area contributed by atoms with Crippen molar-refractivity contribution >= 4 is 34.8 Å². The van der Waals surface area contributed by atoms with Gasteiger partial charge in [0.25, 0.3) is 11.8 Å². The second-order valence-corrected chi connectivity index (χ2v) is 7.80. The van der Waals surface area contributed by atoms with E-state index in [0.717, 1.165) is 24.6 Å². The molecule has 3 aromatic carbocycles. The van der Waals surface area contributed by atoms with Crippen molar-refractivity contribution in [1.82, 2.24) is 10.9 Å². The van der Waals surface area contributed by atoms with Crippen molar-refractivity contribution in [2.45, 2.75) is 12.5 Å². The van der Waals surface area contributed by atoms with Crippen molar-refractivity contribution in [2.24, 2.45) is 0 Å². The van der Waals surface area contributed by atoms with Crippen molar-refractivity contribution in [3.63, 3.8) is 0 Å². The molecule has 0 aromatic heterocycles. The summed E-state index contributed by atoms with van der Waals surface area (Å²) in [5.74, 6) is -0.879. The Bertz CT molecular complexity index is 1220. The van der Waals surface area contributed by atoms with E-state index in [4.69, 9.17) is 0 Å². The van der Waals surface area contributed by atoms with Crippen LogP contribution in [0, 0.1) is 0 Å². The lowest BCUT2D eigenvalue weighted by Crippen LogP contribution is -2.24. The molecule has 1 saturated heterocycles. The standard InChI is InChI=1S/C26H25N5O3/c1-2-24(32)28-22-8-4-7-19(16-22)26(34)30-21-11-9-20(10-12-21)29-25(33)18-6-3-5-17(15-18)23-13-14-27-31-23/h2-12,15-16,23,27,31H,1,13-14H2,(H,28,32)(H,29,33)(H,30,34). The van der Waals surface area contributed by atoms with E-state index in [1.54, 1.807) is 54.6 Å². The quantitative estimate of drug-likeness (QED) is 0.348. The Morgan fingerprint density at radius 1 is 0.794 bits per heavy atom. The van der Waals surface area contributed by atoms with Gasteiger partial charge in [0.05, 0.1) is 0 Å². The third kappa shape index (κ3) is 5.74. The Morgan fingerprint density at radius 2 is 1.41 bits per heavy atom. The van der Waals surface area contributed by atoms with Crippen LogP contribution < -0.4 is 26.8 Å². The van der Waals surface area contributed by atoms with E-state index in [9.17, 15) is 14.4 Å². The molecular weight excluding hydrogens is 430 g/mol. The van der Waals surface area contributed by atoms with Crippen LogP contribution in [0.3, 0.4) is 0 Å². The first-order chi connectivity index (χ1) is 16.5. The van der Waals surface area contributed by atoms with Crippen molar-refractivity contribution in [3.8, 4) is 0 Å².